The Labute approximate surface area is 219 Å². The van der Waals surface area contributed by atoms with Crippen molar-refractivity contribution in [1.82, 2.24) is 10.6 Å². The van der Waals surface area contributed by atoms with Crippen molar-refractivity contribution in [3.63, 3.8) is 0 Å². The van der Waals surface area contributed by atoms with Gasteiger partial charge in [0.2, 0.25) is 5.91 Å². The van der Waals surface area contributed by atoms with E-state index in [4.69, 9.17) is 4.74 Å². The number of allylic oxidation sites excluding steroid dienone is 2. The van der Waals surface area contributed by atoms with Crippen LogP contribution in [0.5, 0.6) is 0 Å². The van der Waals surface area contributed by atoms with Crippen LogP contribution in [0.2, 0.25) is 0 Å². The van der Waals surface area contributed by atoms with Crippen molar-refractivity contribution in [1.29, 1.82) is 0 Å². The molecule has 2 aliphatic carbocycles. The lowest BCUT2D eigenvalue weighted by Gasteiger charge is -2.17. The molecule has 3 rings (SSSR count). The van der Waals surface area contributed by atoms with Crippen LogP contribution in [-0.2, 0) is 14.3 Å². The first kappa shape index (κ1) is 28.0. The molecule has 7 heteroatoms. The monoisotopic (exact) mass is 512 g/mol. The van der Waals surface area contributed by atoms with Gasteiger partial charge in [-0.2, -0.15) is 0 Å². The summed E-state index contributed by atoms with van der Waals surface area (Å²) in [6.07, 6.45) is 14.8. The summed E-state index contributed by atoms with van der Waals surface area (Å²) in [5.74, 6) is -0.918. The molecular formula is C29H40N2O4S. The van der Waals surface area contributed by atoms with Crippen LogP contribution >= 0.6 is 11.8 Å². The molecule has 2 N–H and O–H groups in total. The standard InChI is InChI=1S/C29H40N2O4S/c1-21(27(32)30-19-17-23-11-5-3-6-12-23)35-29(34)25-15-9-10-16-26(25)36-22(2)28(33)31-20-18-24-13-7-4-8-14-24/h9-11,13,15-16,21-22H,3-8,12,14,17-20H2,1-2H3,(H,30,32)(H,31,33)/t21-,22+/m1/s1. The zero-order chi connectivity index (χ0) is 25.8. The Morgan fingerprint density at radius 2 is 1.44 bits per heavy atom. The summed E-state index contributed by atoms with van der Waals surface area (Å²) >= 11 is 1.32. The lowest BCUT2D eigenvalue weighted by molar-refractivity contribution is -0.129. The quantitative estimate of drug-likeness (QED) is 0.212. The number of amides is 2. The van der Waals surface area contributed by atoms with E-state index in [1.807, 2.05) is 13.0 Å². The van der Waals surface area contributed by atoms with Crippen LogP contribution in [0.4, 0.5) is 0 Å². The number of rotatable bonds is 12. The molecule has 6 nitrogen and oxygen atoms in total. The molecule has 0 aliphatic heterocycles. The zero-order valence-corrected chi connectivity index (χ0v) is 22.5. The van der Waals surface area contributed by atoms with Crippen LogP contribution in [0.15, 0.2) is 52.5 Å². The molecule has 0 aromatic heterocycles. The molecule has 0 unspecified atom stereocenters. The average molecular weight is 513 g/mol. The topological polar surface area (TPSA) is 84.5 Å². The maximum absolute atomic E-state index is 12.9. The molecule has 0 saturated heterocycles. The van der Waals surface area contributed by atoms with Gasteiger partial charge in [0.1, 0.15) is 0 Å². The van der Waals surface area contributed by atoms with Crippen LogP contribution in [0.25, 0.3) is 0 Å². The van der Waals surface area contributed by atoms with Gasteiger partial charge in [-0.15, -0.1) is 11.8 Å². The van der Waals surface area contributed by atoms with Gasteiger partial charge < -0.3 is 15.4 Å². The van der Waals surface area contributed by atoms with Crippen molar-refractivity contribution in [3.8, 4) is 0 Å². The second-order valence-electron chi connectivity index (χ2n) is 9.60. The first-order chi connectivity index (χ1) is 17.4. The normalized spacial score (nSPS) is 17.3. The summed E-state index contributed by atoms with van der Waals surface area (Å²) in [7, 11) is 0. The molecule has 1 aromatic carbocycles. The summed E-state index contributed by atoms with van der Waals surface area (Å²) in [6.45, 7) is 4.59. The van der Waals surface area contributed by atoms with E-state index in [9.17, 15) is 14.4 Å². The van der Waals surface area contributed by atoms with Gasteiger partial charge in [-0.25, -0.2) is 4.79 Å². The summed E-state index contributed by atoms with van der Waals surface area (Å²) < 4.78 is 5.47. The second-order valence-corrected chi connectivity index (χ2v) is 11.0. The first-order valence-electron chi connectivity index (χ1n) is 13.3. The third kappa shape index (κ3) is 9.16. The van der Waals surface area contributed by atoms with Crippen molar-refractivity contribution in [2.75, 3.05) is 13.1 Å². The highest BCUT2D eigenvalue weighted by Gasteiger charge is 2.23. The highest BCUT2D eigenvalue weighted by molar-refractivity contribution is 8.00. The van der Waals surface area contributed by atoms with Crippen molar-refractivity contribution in [2.24, 2.45) is 0 Å². The molecule has 0 spiro atoms. The molecule has 2 aliphatic rings. The Morgan fingerprint density at radius 1 is 0.861 bits per heavy atom. The van der Waals surface area contributed by atoms with E-state index >= 15 is 0 Å². The summed E-state index contributed by atoms with van der Waals surface area (Å²) in [5, 5.41) is 5.52. The fourth-order valence-corrected chi connectivity index (χ4v) is 5.51. The predicted octanol–water partition coefficient (Wildman–Crippen LogP) is 5.73. The van der Waals surface area contributed by atoms with Crippen LogP contribution in [0.3, 0.4) is 0 Å². The lowest BCUT2D eigenvalue weighted by atomic mass is 9.97. The number of esters is 1. The van der Waals surface area contributed by atoms with Crippen LogP contribution < -0.4 is 10.6 Å². The minimum absolute atomic E-state index is 0.0552. The number of thioether (sulfide) groups is 1. The molecule has 0 radical (unpaired) electrons. The number of hydrogen-bond acceptors (Lipinski definition) is 5. The van der Waals surface area contributed by atoms with E-state index in [-0.39, 0.29) is 17.1 Å². The van der Waals surface area contributed by atoms with Crippen LogP contribution in [0, 0.1) is 0 Å². The Kier molecular flexibility index (Phi) is 11.6. The molecule has 0 heterocycles. The molecule has 0 fully saturated rings. The highest BCUT2D eigenvalue weighted by Crippen LogP contribution is 2.28. The molecule has 0 bridgehead atoms. The number of carbonyl (C=O) groups excluding carboxylic acids is 3. The van der Waals surface area contributed by atoms with E-state index in [0.29, 0.717) is 23.5 Å². The maximum Gasteiger partial charge on any atom is 0.340 e. The number of benzene rings is 1. The Hall–Kier alpha value is -2.54. The van der Waals surface area contributed by atoms with Crippen molar-refractivity contribution in [3.05, 3.63) is 53.1 Å². The van der Waals surface area contributed by atoms with Gasteiger partial charge in [0.25, 0.3) is 5.91 Å². The van der Waals surface area contributed by atoms with Crippen molar-refractivity contribution < 1.29 is 19.1 Å². The van der Waals surface area contributed by atoms with E-state index in [2.05, 4.69) is 22.8 Å². The fourth-order valence-electron chi connectivity index (χ4n) is 4.50. The molecule has 36 heavy (non-hydrogen) atoms. The Balaban J connectivity index is 1.46. The average Bonchev–Trinajstić information content (AvgIpc) is 2.90. The SMILES string of the molecule is C[C@H](Sc1ccccc1C(=O)O[C@H](C)C(=O)NCCC1=CCCCC1)C(=O)NCCC1=CCCCC1. The van der Waals surface area contributed by atoms with Crippen molar-refractivity contribution >= 4 is 29.5 Å². The fraction of sp³-hybridized carbons (Fsp3) is 0.552. The van der Waals surface area contributed by atoms with Crippen LogP contribution in [0.1, 0.15) is 88.4 Å². The van der Waals surface area contributed by atoms with Crippen LogP contribution in [-0.4, -0.2) is 42.2 Å². The molecule has 2 atom stereocenters. The number of carbonyl (C=O) groups is 3. The first-order valence-corrected chi connectivity index (χ1v) is 14.2. The minimum Gasteiger partial charge on any atom is -0.449 e. The summed E-state index contributed by atoms with van der Waals surface area (Å²) in [6, 6.07) is 7.06. The molecule has 0 saturated carbocycles. The van der Waals surface area contributed by atoms with Crippen molar-refractivity contribution in [2.45, 2.75) is 94.3 Å². The van der Waals surface area contributed by atoms with E-state index in [1.54, 1.807) is 25.1 Å². The Morgan fingerprint density at radius 3 is 2.03 bits per heavy atom. The molecule has 196 valence electrons. The molecule has 1 aromatic rings. The maximum atomic E-state index is 12.9. The smallest absolute Gasteiger partial charge is 0.340 e. The highest BCUT2D eigenvalue weighted by atomic mass is 32.2. The van der Waals surface area contributed by atoms with Gasteiger partial charge in [0, 0.05) is 18.0 Å². The molecule has 2 amide bonds. The van der Waals surface area contributed by atoms with Gasteiger partial charge in [-0.05, 0) is 90.2 Å². The second kappa shape index (κ2) is 14.9. The summed E-state index contributed by atoms with van der Waals surface area (Å²) in [5.41, 5.74) is 3.18. The third-order valence-corrected chi connectivity index (χ3v) is 7.87. The number of ether oxygens (including phenoxy) is 1. The van der Waals surface area contributed by atoms with E-state index in [1.165, 1.54) is 48.6 Å². The lowest BCUT2D eigenvalue weighted by Crippen LogP contribution is -2.36. The van der Waals surface area contributed by atoms with Gasteiger partial charge in [0.15, 0.2) is 6.10 Å². The van der Waals surface area contributed by atoms with Gasteiger partial charge in [-0.3, -0.25) is 9.59 Å². The van der Waals surface area contributed by atoms with Gasteiger partial charge in [0.05, 0.1) is 10.8 Å². The largest absolute Gasteiger partial charge is 0.449 e. The number of hydrogen-bond donors (Lipinski definition) is 2. The Bertz CT molecular complexity index is 972. The third-order valence-electron chi connectivity index (χ3n) is 6.69. The summed E-state index contributed by atoms with van der Waals surface area (Å²) in [4.78, 5) is 38.6. The predicted molar refractivity (Wildman–Crippen MR) is 145 cm³/mol. The molecular weight excluding hydrogens is 472 g/mol. The van der Waals surface area contributed by atoms with E-state index in [0.717, 1.165) is 38.5 Å². The van der Waals surface area contributed by atoms with Gasteiger partial charge in [-0.1, -0.05) is 35.4 Å². The number of nitrogens with one attached hydrogen (secondary N) is 2. The van der Waals surface area contributed by atoms with Gasteiger partial charge >= 0.3 is 5.97 Å². The van der Waals surface area contributed by atoms with E-state index < -0.39 is 12.1 Å². The zero-order valence-electron chi connectivity index (χ0n) is 21.6. The minimum atomic E-state index is -0.897.